The molecule has 0 saturated carbocycles. The minimum absolute atomic E-state index is 0.103. The van der Waals surface area contributed by atoms with E-state index in [-0.39, 0.29) is 31.6 Å². The number of carbonyl (C=O) groups excluding carboxylic acids is 3. The van der Waals surface area contributed by atoms with Crippen molar-refractivity contribution < 1.29 is 28.6 Å². The van der Waals surface area contributed by atoms with Crippen LogP contribution >= 0.6 is 0 Å². The third-order valence-electron chi connectivity index (χ3n) is 13.5. The van der Waals surface area contributed by atoms with E-state index in [1.54, 1.807) is 6.08 Å². The van der Waals surface area contributed by atoms with E-state index in [4.69, 9.17) is 14.2 Å². The molecule has 0 aromatic rings. The summed E-state index contributed by atoms with van der Waals surface area (Å²) in [4.78, 5) is 38.2. The van der Waals surface area contributed by atoms with E-state index >= 15 is 0 Å². The smallest absolute Gasteiger partial charge is 0.309 e. The quantitative estimate of drug-likeness (QED) is 0.0261. The van der Waals surface area contributed by atoms with Crippen LogP contribution < -0.4 is 0 Å². The Balaban J connectivity index is 4.41. The highest BCUT2D eigenvalue weighted by Crippen LogP contribution is 2.17. The second-order valence-electron chi connectivity index (χ2n) is 20.6. The van der Waals surface area contributed by atoms with Gasteiger partial charge >= 0.3 is 17.9 Å². The van der Waals surface area contributed by atoms with Crippen LogP contribution in [0.15, 0.2) is 72.9 Å². The van der Waals surface area contributed by atoms with Crippen LogP contribution in [0.4, 0.5) is 0 Å². The zero-order valence-corrected chi connectivity index (χ0v) is 47.7. The van der Waals surface area contributed by atoms with Gasteiger partial charge in [-0.05, 0) is 70.6 Å². The minimum Gasteiger partial charge on any atom is -0.462 e. The number of rotatable bonds is 56. The molecule has 0 bridgehead atoms. The Morgan fingerprint density at radius 2 is 0.597 bits per heavy atom. The van der Waals surface area contributed by atoms with Gasteiger partial charge in [0.2, 0.25) is 0 Å². The van der Waals surface area contributed by atoms with E-state index in [9.17, 15) is 14.4 Å². The monoisotopic (exact) mass is 1000 g/mol. The van der Waals surface area contributed by atoms with Crippen molar-refractivity contribution in [2.24, 2.45) is 0 Å². The lowest BCUT2D eigenvalue weighted by molar-refractivity contribution is -0.166. The number of hydrogen-bond acceptors (Lipinski definition) is 6. The Labute approximate surface area is 446 Å². The molecule has 0 radical (unpaired) electrons. The highest BCUT2D eigenvalue weighted by atomic mass is 16.6. The van der Waals surface area contributed by atoms with Gasteiger partial charge < -0.3 is 14.2 Å². The predicted octanol–water partition coefficient (Wildman–Crippen LogP) is 20.9. The first-order valence-corrected chi connectivity index (χ1v) is 30.9. The largest absolute Gasteiger partial charge is 0.462 e. The van der Waals surface area contributed by atoms with Crippen molar-refractivity contribution in [3.8, 4) is 0 Å². The van der Waals surface area contributed by atoms with Crippen molar-refractivity contribution >= 4 is 17.9 Å². The molecule has 0 fully saturated rings. The van der Waals surface area contributed by atoms with E-state index in [2.05, 4.69) is 81.5 Å². The van der Waals surface area contributed by atoms with E-state index in [1.165, 1.54) is 199 Å². The average molecular weight is 1010 g/mol. The Bertz CT molecular complexity index is 1340. The van der Waals surface area contributed by atoms with E-state index in [1.807, 2.05) is 6.08 Å². The van der Waals surface area contributed by atoms with Crippen LogP contribution in [0, 0.1) is 0 Å². The summed E-state index contributed by atoms with van der Waals surface area (Å²) in [7, 11) is 0. The summed E-state index contributed by atoms with van der Waals surface area (Å²) < 4.78 is 16.8. The van der Waals surface area contributed by atoms with Gasteiger partial charge in [-0.2, -0.15) is 0 Å². The molecule has 1 unspecified atom stereocenters. The number of hydrogen-bond donors (Lipinski definition) is 0. The lowest BCUT2D eigenvalue weighted by Gasteiger charge is -2.18. The summed E-state index contributed by atoms with van der Waals surface area (Å²) in [6, 6.07) is 0. The molecule has 6 heteroatoms. The van der Waals surface area contributed by atoms with Crippen molar-refractivity contribution in [3.63, 3.8) is 0 Å². The summed E-state index contributed by atoms with van der Waals surface area (Å²) in [5, 5.41) is 0. The van der Waals surface area contributed by atoms with Gasteiger partial charge in [-0.3, -0.25) is 14.4 Å². The van der Waals surface area contributed by atoms with E-state index < -0.39 is 12.1 Å². The van der Waals surface area contributed by atoms with Gasteiger partial charge in [0.25, 0.3) is 0 Å². The molecule has 0 spiro atoms. The maximum Gasteiger partial charge on any atom is 0.309 e. The van der Waals surface area contributed by atoms with Crippen molar-refractivity contribution in [3.05, 3.63) is 72.9 Å². The summed E-state index contributed by atoms with van der Waals surface area (Å²) in [5.41, 5.74) is 0. The SMILES string of the molecule is CC/C=C\C/C=C\C/C=C\C/C=C\C/C=C\CC(=O)OCC(COC(=O)CCCCCCCCCCCCCCCCCCCCCC)OC(=O)CCCCCCCCCCC/C=C\CCCCCCCC. The van der Waals surface area contributed by atoms with Crippen molar-refractivity contribution in [1.82, 2.24) is 0 Å². The maximum absolute atomic E-state index is 12.9. The first-order chi connectivity index (χ1) is 35.5. The van der Waals surface area contributed by atoms with Gasteiger partial charge in [0.15, 0.2) is 6.10 Å². The molecule has 416 valence electrons. The molecular weight excluding hydrogens is 889 g/mol. The highest BCUT2D eigenvalue weighted by molar-refractivity contribution is 5.72. The molecule has 0 saturated heterocycles. The zero-order valence-electron chi connectivity index (χ0n) is 47.7. The van der Waals surface area contributed by atoms with Crippen LogP contribution in [0.2, 0.25) is 0 Å². The topological polar surface area (TPSA) is 78.9 Å². The molecule has 6 nitrogen and oxygen atoms in total. The van der Waals surface area contributed by atoms with Crippen LogP contribution in [0.3, 0.4) is 0 Å². The lowest BCUT2D eigenvalue weighted by Crippen LogP contribution is -2.30. The van der Waals surface area contributed by atoms with Crippen molar-refractivity contribution in [2.75, 3.05) is 13.2 Å². The molecule has 0 aliphatic rings. The fraction of sp³-hybridized carbons (Fsp3) is 0.773. The lowest BCUT2D eigenvalue weighted by atomic mass is 10.0. The summed E-state index contributed by atoms with van der Waals surface area (Å²) in [6.45, 7) is 6.47. The fourth-order valence-corrected chi connectivity index (χ4v) is 8.87. The van der Waals surface area contributed by atoms with Gasteiger partial charge in [-0.1, -0.05) is 293 Å². The Kier molecular flexibility index (Phi) is 57.8. The molecule has 0 aliphatic heterocycles. The predicted molar refractivity (Wildman–Crippen MR) is 311 cm³/mol. The molecule has 0 aromatic heterocycles. The summed E-state index contributed by atoms with van der Waals surface area (Å²) >= 11 is 0. The van der Waals surface area contributed by atoms with E-state index in [0.717, 1.165) is 70.6 Å². The standard InChI is InChI=1S/C66H116O6/c1-4-7-10-13-16-19-22-25-28-30-32-34-35-38-41-44-47-50-53-56-59-65(68)71-62-63(61-70-64(67)58-55-52-49-46-43-40-37-27-24-21-18-15-12-9-6-3)72-66(69)60-57-54-51-48-45-42-39-36-33-31-29-26-23-20-17-14-11-8-5-2/h9,12,18,21,26-27,29,37,43,46,52,55,63H,4-8,10-11,13-17,19-20,22-25,28,30-36,38-42,44-45,47-51,53-54,56-62H2,1-3H3/b12-9-,21-18-,29-26-,37-27-,46-43-,55-52-. The second-order valence-corrected chi connectivity index (χ2v) is 20.6. The number of ether oxygens (including phenoxy) is 3. The Hall–Kier alpha value is -3.15. The molecule has 0 amide bonds. The first kappa shape index (κ1) is 68.8. The second kappa shape index (κ2) is 60.4. The average Bonchev–Trinajstić information content (AvgIpc) is 3.38. The van der Waals surface area contributed by atoms with Crippen LogP contribution in [0.1, 0.15) is 310 Å². The Morgan fingerprint density at radius 1 is 0.306 bits per heavy atom. The number of esters is 3. The van der Waals surface area contributed by atoms with Crippen LogP contribution in [0.25, 0.3) is 0 Å². The van der Waals surface area contributed by atoms with E-state index in [0.29, 0.717) is 12.8 Å². The van der Waals surface area contributed by atoms with Gasteiger partial charge in [0.05, 0.1) is 6.42 Å². The van der Waals surface area contributed by atoms with Crippen LogP contribution in [0.5, 0.6) is 0 Å². The third-order valence-corrected chi connectivity index (χ3v) is 13.5. The maximum atomic E-state index is 12.9. The third kappa shape index (κ3) is 57.7. The first-order valence-electron chi connectivity index (χ1n) is 30.9. The molecule has 0 rings (SSSR count). The van der Waals surface area contributed by atoms with Crippen molar-refractivity contribution in [2.45, 2.75) is 316 Å². The van der Waals surface area contributed by atoms with Gasteiger partial charge in [0, 0.05) is 12.8 Å². The van der Waals surface area contributed by atoms with Crippen LogP contribution in [-0.4, -0.2) is 37.2 Å². The molecule has 0 aromatic carbocycles. The van der Waals surface area contributed by atoms with Gasteiger partial charge in [0.1, 0.15) is 13.2 Å². The van der Waals surface area contributed by atoms with Gasteiger partial charge in [-0.25, -0.2) is 0 Å². The summed E-state index contributed by atoms with van der Waals surface area (Å²) in [5.74, 6) is -1.02. The highest BCUT2D eigenvalue weighted by Gasteiger charge is 2.19. The summed E-state index contributed by atoms with van der Waals surface area (Å²) in [6.07, 6.45) is 77.9. The normalized spacial score (nSPS) is 12.5. The number of unbranched alkanes of at least 4 members (excludes halogenated alkanes) is 34. The molecule has 72 heavy (non-hydrogen) atoms. The fourth-order valence-electron chi connectivity index (χ4n) is 8.87. The Morgan fingerprint density at radius 3 is 0.958 bits per heavy atom. The molecule has 0 heterocycles. The molecule has 0 N–H and O–H groups in total. The van der Waals surface area contributed by atoms with Gasteiger partial charge in [-0.15, -0.1) is 0 Å². The van der Waals surface area contributed by atoms with Crippen molar-refractivity contribution in [1.29, 1.82) is 0 Å². The molecule has 1 atom stereocenters. The minimum atomic E-state index is -0.815. The van der Waals surface area contributed by atoms with Crippen LogP contribution in [-0.2, 0) is 28.6 Å². The molecular formula is C66H116O6. The zero-order chi connectivity index (χ0) is 52.2. The number of carbonyl (C=O) groups is 3. The molecule has 0 aliphatic carbocycles. The number of allylic oxidation sites excluding steroid dienone is 11.